The molecule has 0 aliphatic rings. The average Bonchev–Trinajstić information content (AvgIpc) is 0.659. The van der Waals surface area contributed by atoms with Crippen molar-refractivity contribution in [2.24, 2.45) is 0 Å². The largest absolute Gasteiger partial charge is 0.0622 e. The van der Waals surface area contributed by atoms with Gasteiger partial charge in [0, 0.05) is 0 Å². The van der Waals surface area contributed by atoms with Crippen LogP contribution in [0.3, 0.4) is 0 Å². The van der Waals surface area contributed by atoms with Gasteiger partial charge in [0.2, 0.25) is 0 Å². The van der Waals surface area contributed by atoms with Crippen LogP contribution in [0.2, 0.25) is 0 Å². The summed E-state index contributed by atoms with van der Waals surface area (Å²) in [6.45, 7) is 13.1. The highest BCUT2D eigenvalue weighted by atomic mass is 14.2. The predicted octanol–water partition coefficient (Wildman–Crippen LogP) is 42.0. The minimum absolute atomic E-state index is 1.25. The van der Waals surface area contributed by atoms with Crippen molar-refractivity contribution in [1.29, 1.82) is 0 Å². The van der Waals surface area contributed by atoms with E-state index < -0.39 is 0 Å². The predicted molar refractivity (Wildman–Crippen MR) is 645 cm³/mol. The van der Waals surface area contributed by atoms with E-state index in [1.165, 1.54) is 234 Å². The van der Waals surface area contributed by atoms with Crippen LogP contribution < -0.4 is 0 Å². The molecule has 0 heterocycles. The molecule has 0 radical (unpaired) electrons. The van der Waals surface area contributed by atoms with Crippen molar-refractivity contribution in [1.82, 2.24) is 0 Å². The molecule has 0 atom stereocenters. The molecule has 0 aliphatic carbocycles. The Hall–Kier alpha value is -18.7. The minimum Gasteiger partial charge on any atom is -0.0622 e. The van der Waals surface area contributed by atoms with Crippen LogP contribution in [0, 0.1) is 41.5 Å². The molecule has 0 saturated heterocycles. The zero-order chi connectivity index (χ0) is 102. The molecule has 0 nitrogen and oxygen atoms in total. The third kappa shape index (κ3) is 24.6. The third-order valence-corrected chi connectivity index (χ3v) is 27.9. The molecule has 24 aromatic carbocycles. The van der Waals surface area contributed by atoms with Crippen molar-refractivity contribution in [2.75, 3.05) is 0 Å². The van der Waals surface area contributed by atoms with E-state index in [-0.39, 0.29) is 0 Å². The highest BCUT2D eigenvalue weighted by Gasteiger charge is 2.19. The second-order valence-corrected chi connectivity index (χ2v) is 37.8. The normalized spacial score (nSPS) is 10.6. The van der Waals surface area contributed by atoms with E-state index >= 15 is 0 Å². The molecule has 24 rings (SSSR count). The van der Waals surface area contributed by atoms with Gasteiger partial charge in [0.25, 0.3) is 0 Å². The van der Waals surface area contributed by atoms with Crippen molar-refractivity contribution >= 4 is 0 Å². The van der Waals surface area contributed by atoms with Gasteiger partial charge in [-0.1, -0.05) is 619 Å². The molecule has 0 amide bonds. The fourth-order valence-corrected chi connectivity index (χ4v) is 20.2. The molecule has 0 bridgehead atoms. The number of benzene rings is 24. The standard InChI is InChI=1S/6C25H20/c1-19-9-8-14-24(25(19)23-12-6-3-7-13-23)22-17-15-21(16-18-22)20-10-4-2-5-11-20;1-19-9-8-14-24(22-12-6-3-7-13-22)25(19)23-17-15-21(16-18-23)20-10-4-2-5-11-20;1-19-18-22(16-17-23(19)20-10-4-2-5-11-20)25-15-9-8-14-24(25)21-12-6-3-7-13-21;1-19-18-22(20-10-4-2-5-11-20)16-17-23(19)25-15-9-8-14-24(25)21-12-6-3-7-13-21;1-19-11-5-6-14-21(19)23-16-9-10-18-25(23)24-17-8-7-15-22(24)20-12-3-2-4-13-20;1-19-9-5-6-12-23(19)21-15-17-22(18-16-21)25-14-8-7-13-24(25)20-10-3-2-4-11-20/h6*2-18H,1H3. The molecule has 0 aliphatic heterocycles. The Kier molecular flexibility index (Phi) is 33.1. The summed E-state index contributed by atoms with van der Waals surface area (Å²) in [6, 6.07) is 219. The summed E-state index contributed by atoms with van der Waals surface area (Å²) in [5, 5.41) is 0. The summed E-state index contributed by atoms with van der Waals surface area (Å²) in [7, 11) is 0. The number of hydrogen-bond donors (Lipinski definition) is 0. The van der Waals surface area contributed by atoms with Crippen molar-refractivity contribution < 1.29 is 0 Å². The Morgan fingerprint density at radius 3 is 0.567 bits per heavy atom. The molecular formula is C150H120. The first-order chi connectivity index (χ1) is 74.0. The first kappa shape index (κ1) is 100.0. The molecule has 0 unspecified atom stereocenters. The van der Waals surface area contributed by atoms with Crippen LogP contribution in [0.5, 0.6) is 0 Å². The number of aryl methyl sites for hydroxylation is 6. The fourth-order valence-electron chi connectivity index (χ4n) is 20.2. The topological polar surface area (TPSA) is 0 Å². The maximum absolute atomic E-state index is 2.30. The highest BCUT2D eigenvalue weighted by molar-refractivity contribution is 5.95. The van der Waals surface area contributed by atoms with Crippen LogP contribution in [0.4, 0.5) is 0 Å². The lowest BCUT2D eigenvalue weighted by atomic mass is 9.88. The fraction of sp³-hybridized carbons (Fsp3) is 0.0400. The maximum atomic E-state index is 2.30. The van der Waals surface area contributed by atoms with E-state index in [2.05, 4.69) is 660 Å². The summed E-state index contributed by atoms with van der Waals surface area (Å²) in [4.78, 5) is 0. The van der Waals surface area contributed by atoms with Crippen molar-refractivity contribution in [3.8, 4) is 200 Å². The lowest BCUT2D eigenvalue weighted by Gasteiger charge is -2.15. The second-order valence-electron chi connectivity index (χ2n) is 37.8. The van der Waals surface area contributed by atoms with Crippen LogP contribution in [0.15, 0.2) is 619 Å². The van der Waals surface area contributed by atoms with E-state index in [9.17, 15) is 0 Å². The maximum Gasteiger partial charge on any atom is -0.00761 e. The van der Waals surface area contributed by atoms with Crippen LogP contribution >= 0.6 is 0 Å². The first-order valence-corrected chi connectivity index (χ1v) is 51.8. The van der Waals surface area contributed by atoms with E-state index in [4.69, 9.17) is 0 Å². The van der Waals surface area contributed by atoms with Gasteiger partial charge in [-0.25, -0.2) is 0 Å². The van der Waals surface area contributed by atoms with Crippen molar-refractivity contribution in [3.05, 3.63) is 652 Å². The SMILES string of the molecule is Cc1cc(-c2ccccc2)ccc1-c1ccccc1-c1ccccc1.Cc1cc(-c2ccccc2-c2ccccc2)ccc1-c1ccccc1.Cc1cccc(-c2ccc(-c3ccccc3)cc2)c1-c1ccccc1.Cc1cccc(-c2ccccc2)c1-c1ccc(-c2ccccc2)cc1.Cc1ccccc1-c1ccc(-c2ccccc2-c2ccccc2)cc1.Cc1ccccc1-c1ccccc1-c1ccccc1-c1ccccc1. The van der Waals surface area contributed by atoms with Gasteiger partial charge in [-0.3, -0.25) is 0 Å². The van der Waals surface area contributed by atoms with Gasteiger partial charge >= 0.3 is 0 Å². The number of hydrogen-bond acceptors (Lipinski definition) is 0. The van der Waals surface area contributed by atoms with Crippen LogP contribution in [-0.4, -0.2) is 0 Å². The number of rotatable bonds is 18. The average molecular weight is 1920 g/mol. The van der Waals surface area contributed by atoms with Crippen LogP contribution in [0.25, 0.3) is 200 Å². The molecule has 720 valence electrons. The van der Waals surface area contributed by atoms with Crippen molar-refractivity contribution in [2.45, 2.75) is 41.5 Å². The third-order valence-electron chi connectivity index (χ3n) is 27.9. The zero-order valence-corrected chi connectivity index (χ0v) is 85.9. The zero-order valence-electron chi connectivity index (χ0n) is 85.9. The van der Waals surface area contributed by atoms with E-state index in [0.29, 0.717) is 0 Å². The summed E-state index contributed by atoms with van der Waals surface area (Å²) < 4.78 is 0. The molecular weight excluding hydrogens is 1800 g/mol. The molecule has 0 saturated carbocycles. The van der Waals surface area contributed by atoms with E-state index in [1.807, 2.05) is 0 Å². The second kappa shape index (κ2) is 49.7. The smallest absolute Gasteiger partial charge is 0.00761 e. The summed E-state index contributed by atoms with van der Waals surface area (Å²) in [5.74, 6) is 0. The molecule has 150 heavy (non-hydrogen) atoms. The van der Waals surface area contributed by atoms with Gasteiger partial charge in [-0.15, -0.1) is 0 Å². The Bertz CT molecular complexity index is 8480. The first-order valence-electron chi connectivity index (χ1n) is 51.8. The van der Waals surface area contributed by atoms with E-state index in [1.54, 1.807) is 0 Å². The van der Waals surface area contributed by atoms with E-state index in [0.717, 1.165) is 0 Å². The molecule has 0 N–H and O–H groups in total. The molecule has 0 aromatic heterocycles. The highest BCUT2D eigenvalue weighted by Crippen LogP contribution is 2.45. The van der Waals surface area contributed by atoms with Gasteiger partial charge < -0.3 is 0 Å². The van der Waals surface area contributed by atoms with Gasteiger partial charge in [-0.2, -0.15) is 0 Å². The Balaban J connectivity index is 0.000000113. The lowest BCUT2D eigenvalue weighted by Crippen LogP contribution is -1.90. The Morgan fingerprint density at radius 1 is 0.0733 bits per heavy atom. The van der Waals surface area contributed by atoms with Gasteiger partial charge in [0.15, 0.2) is 0 Å². The molecule has 24 aromatic rings. The van der Waals surface area contributed by atoms with Crippen LogP contribution in [-0.2, 0) is 0 Å². The summed E-state index contributed by atoms with van der Waals surface area (Å²) in [5.41, 5.74) is 53.5. The Morgan fingerprint density at radius 2 is 0.227 bits per heavy atom. The molecule has 0 spiro atoms. The van der Waals surface area contributed by atoms with Gasteiger partial charge in [-0.05, 0) is 275 Å². The van der Waals surface area contributed by atoms with Gasteiger partial charge in [0.1, 0.15) is 0 Å². The quantitative estimate of drug-likeness (QED) is 0.0803. The Labute approximate surface area is 887 Å². The summed E-state index contributed by atoms with van der Waals surface area (Å²) >= 11 is 0. The van der Waals surface area contributed by atoms with Crippen LogP contribution in [0.1, 0.15) is 33.4 Å². The lowest BCUT2D eigenvalue weighted by molar-refractivity contribution is 1.45. The van der Waals surface area contributed by atoms with Crippen molar-refractivity contribution in [3.63, 3.8) is 0 Å². The molecule has 0 heteroatoms. The monoisotopic (exact) mass is 1920 g/mol. The summed E-state index contributed by atoms with van der Waals surface area (Å²) in [6.07, 6.45) is 0. The molecule has 0 fully saturated rings. The minimum atomic E-state index is 1.25. The van der Waals surface area contributed by atoms with Gasteiger partial charge in [0.05, 0.1) is 0 Å².